The quantitative estimate of drug-likeness (QED) is 0.329. The molecular formula is C16H16I2O10S2. The van der Waals surface area contributed by atoms with Crippen LogP contribution in [0.3, 0.4) is 0 Å². The molecule has 0 radical (unpaired) electrons. The largest absolute Gasteiger partial charge is 0.492 e. The Labute approximate surface area is 200 Å². The molecule has 10 nitrogen and oxygen atoms in total. The molecule has 30 heavy (non-hydrogen) atoms. The van der Waals surface area contributed by atoms with E-state index in [1.54, 1.807) is 45.2 Å². The van der Waals surface area contributed by atoms with E-state index in [1.807, 2.05) is 0 Å². The molecule has 0 saturated carbocycles. The number of rotatable bonds is 7. The fourth-order valence-corrected chi connectivity index (χ4v) is 6.82. The van der Waals surface area contributed by atoms with Gasteiger partial charge in [0.2, 0.25) is 0 Å². The van der Waals surface area contributed by atoms with Crippen LogP contribution in [0.5, 0.6) is 23.0 Å². The van der Waals surface area contributed by atoms with Crippen LogP contribution in [0.25, 0.3) is 11.1 Å². The van der Waals surface area contributed by atoms with Crippen molar-refractivity contribution in [3.63, 3.8) is 0 Å². The van der Waals surface area contributed by atoms with Gasteiger partial charge in [-0.1, -0.05) is 0 Å². The third-order valence-electron chi connectivity index (χ3n) is 3.95. The highest BCUT2D eigenvalue weighted by molar-refractivity contribution is 14.1. The van der Waals surface area contributed by atoms with E-state index in [9.17, 15) is 25.9 Å². The fraction of sp³-hybridized carbons (Fsp3) is 0.250. The van der Waals surface area contributed by atoms with Crippen molar-refractivity contribution in [2.45, 2.75) is 9.79 Å². The first kappa shape index (κ1) is 25.2. The van der Waals surface area contributed by atoms with Crippen LogP contribution in [0, 0.1) is 7.14 Å². The van der Waals surface area contributed by atoms with Gasteiger partial charge in [-0.05, 0) is 57.3 Å². The third kappa shape index (κ3) is 4.57. The molecule has 0 unspecified atom stereocenters. The molecule has 0 aliphatic rings. The molecule has 2 N–H and O–H groups in total. The summed E-state index contributed by atoms with van der Waals surface area (Å²) in [5, 5.41) is 0. The van der Waals surface area contributed by atoms with Gasteiger partial charge in [0.05, 0.1) is 35.6 Å². The molecule has 0 amide bonds. The predicted octanol–water partition coefficient (Wildman–Crippen LogP) is 3.09. The third-order valence-corrected chi connectivity index (χ3v) is 8.58. The summed E-state index contributed by atoms with van der Waals surface area (Å²) in [5.41, 5.74) is 0.0256. The number of methoxy groups -OCH3 is 4. The predicted molar refractivity (Wildman–Crippen MR) is 123 cm³/mol. The summed E-state index contributed by atoms with van der Waals surface area (Å²) in [6, 6.07) is 2.16. The van der Waals surface area contributed by atoms with Crippen molar-refractivity contribution in [3.05, 3.63) is 19.3 Å². The summed E-state index contributed by atoms with van der Waals surface area (Å²) in [4.78, 5) is -0.993. The topological polar surface area (TPSA) is 146 Å². The average molecular weight is 686 g/mol. The SMILES string of the molecule is COc1c(-c2cc(S(=O)(=O)O)c(I)c(OC)c2OC)cc(S(=O)(=O)O)c(I)c1OC. The summed E-state index contributed by atoms with van der Waals surface area (Å²) in [6.45, 7) is 0. The van der Waals surface area contributed by atoms with Crippen LogP contribution in [0.4, 0.5) is 0 Å². The molecule has 0 fully saturated rings. The summed E-state index contributed by atoms with van der Waals surface area (Å²) < 4.78 is 88.4. The van der Waals surface area contributed by atoms with E-state index in [0.29, 0.717) is 0 Å². The molecule has 2 rings (SSSR count). The van der Waals surface area contributed by atoms with Crippen LogP contribution in [0.2, 0.25) is 0 Å². The van der Waals surface area contributed by atoms with E-state index in [-0.39, 0.29) is 41.3 Å². The van der Waals surface area contributed by atoms with Crippen LogP contribution < -0.4 is 18.9 Å². The van der Waals surface area contributed by atoms with E-state index < -0.39 is 30.0 Å². The summed E-state index contributed by atoms with van der Waals surface area (Å²) >= 11 is 3.34. The second kappa shape index (κ2) is 9.19. The van der Waals surface area contributed by atoms with Crippen molar-refractivity contribution in [1.29, 1.82) is 0 Å². The van der Waals surface area contributed by atoms with Gasteiger partial charge in [-0.25, -0.2) is 0 Å². The summed E-state index contributed by atoms with van der Waals surface area (Å²) in [6.07, 6.45) is 0. The molecule has 0 heterocycles. The van der Waals surface area contributed by atoms with Crippen LogP contribution in [-0.4, -0.2) is 54.4 Å². The molecule has 2 aromatic rings. The first-order valence-corrected chi connectivity index (χ1v) is 12.7. The molecule has 0 aliphatic carbocycles. The minimum atomic E-state index is -4.69. The highest BCUT2D eigenvalue weighted by Gasteiger charge is 2.30. The minimum absolute atomic E-state index is 0.0128. The Kier molecular flexibility index (Phi) is 7.71. The number of benzene rings is 2. The standard InChI is InChI=1S/C16H16I2O10S2/c1-25-13-7(5-9(29(19,20)21)11(17)15(13)27-3)8-6-10(30(22,23)24)12(18)16(28-4)14(8)26-2/h5-6H,1-4H3,(H,19,20,21)(H,22,23,24). The Morgan fingerprint density at radius 3 is 1.10 bits per heavy atom. The Hall–Kier alpha value is -1.08. The van der Waals surface area contributed by atoms with E-state index in [1.165, 1.54) is 28.4 Å². The van der Waals surface area contributed by atoms with Gasteiger partial charge in [0, 0.05) is 11.1 Å². The number of ether oxygens (including phenoxy) is 4. The van der Waals surface area contributed by atoms with Gasteiger partial charge < -0.3 is 18.9 Å². The number of hydrogen-bond donors (Lipinski definition) is 2. The van der Waals surface area contributed by atoms with Crippen molar-refractivity contribution < 1.29 is 44.9 Å². The van der Waals surface area contributed by atoms with E-state index in [2.05, 4.69) is 0 Å². The van der Waals surface area contributed by atoms with Gasteiger partial charge in [-0.3, -0.25) is 9.11 Å². The summed E-state index contributed by atoms with van der Waals surface area (Å²) in [5.74, 6) is 0.0432. The summed E-state index contributed by atoms with van der Waals surface area (Å²) in [7, 11) is -4.24. The van der Waals surface area contributed by atoms with E-state index in [4.69, 9.17) is 18.9 Å². The first-order valence-electron chi connectivity index (χ1n) is 7.67. The second-order valence-corrected chi connectivity index (χ2v) is 10.5. The van der Waals surface area contributed by atoms with Gasteiger partial charge in [0.15, 0.2) is 23.0 Å². The molecule has 166 valence electrons. The molecule has 0 atom stereocenters. The monoisotopic (exact) mass is 686 g/mol. The normalized spacial score (nSPS) is 11.9. The zero-order valence-corrected chi connectivity index (χ0v) is 21.8. The molecule has 0 spiro atoms. The van der Waals surface area contributed by atoms with Crippen LogP contribution >= 0.6 is 45.2 Å². The lowest BCUT2D eigenvalue weighted by Gasteiger charge is -2.21. The highest BCUT2D eigenvalue weighted by atomic mass is 127. The van der Waals surface area contributed by atoms with Gasteiger partial charge >= 0.3 is 0 Å². The maximum atomic E-state index is 11.9. The molecule has 2 aromatic carbocycles. The fourth-order valence-electron chi connectivity index (χ4n) is 2.73. The molecule has 0 saturated heterocycles. The first-order chi connectivity index (χ1) is 13.8. The van der Waals surface area contributed by atoms with Gasteiger partial charge in [0.25, 0.3) is 20.2 Å². The van der Waals surface area contributed by atoms with Gasteiger partial charge in [0.1, 0.15) is 9.79 Å². The second-order valence-electron chi connectivity index (χ2n) is 5.56. The van der Waals surface area contributed by atoms with Crippen molar-refractivity contribution in [1.82, 2.24) is 0 Å². The number of hydrogen-bond acceptors (Lipinski definition) is 8. The molecule has 0 aromatic heterocycles. The zero-order chi connectivity index (χ0) is 23.0. The average Bonchev–Trinajstić information content (AvgIpc) is 2.64. The lowest BCUT2D eigenvalue weighted by Crippen LogP contribution is -2.08. The molecule has 0 aliphatic heterocycles. The van der Waals surface area contributed by atoms with Crippen LogP contribution in [0.1, 0.15) is 0 Å². The van der Waals surface area contributed by atoms with E-state index >= 15 is 0 Å². The Balaban J connectivity index is 3.18. The lowest BCUT2D eigenvalue weighted by molar-refractivity contribution is 0.348. The molecule has 14 heteroatoms. The van der Waals surface area contributed by atoms with E-state index in [0.717, 1.165) is 12.1 Å². The molecular weight excluding hydrogens is 670 g/mol. The maximum Gasteiger partial charge on any atom is 0.295 e. The molecule has 0 bridgehead atoms. The Morgan fingerprint density at radius 1 is 0.633 bits per heavy atom. The lowest BCUT2D eigenvalue weighted by atomic mass is 10.0. The van der Waals surface area contributed by atoms with Crippen LogP contribution in [0.15, 0.2) is 21.9 Å². The Bertz CT molecular complexity index is 1110. The van der Waals surface area contributed by atoms with Crippen molar-refractivity contribution >= 4 is 65.4 Å². The smallest absolute Gasteiger partial charge is 0.295 e. The number of halogens is 2. The minimum Gasteiger partial charge on any atom is -0.492 e. The van der Waals surface area contributed by atoms with Crippen molar-refractivity contribution in [2.75, 3.05) is 28.4 Å². The van der Waals surface area contributed by atoms with Gasteiger partial charge in [-0.15, -0.1) is 0 Å². The zero-order valence-electron chi connectivity index (χ0n) is 15.9. The van der Waals surface area contributed by atoms with Crippen LogP contribution in [-0.2, 0) is 20.2 Å². The van der Waals surface area contributed by atoms with Crippen molar-refractivity contribution in [2.24, 2.45) is 0 Å². The van der Waals surface area contributed by atoms with Gasteiger partial charge in [-0.2, -0.15) is 16.8 Å². The maximum absolute atomic E-state index is 11.9. The Morgan fingerprint density at radius 2 is 0.900 bits per heavy atom. The highest BCUT2D eigenvalue weighted by Crippen LogP contribution is 2.50. The van der Waals surface area contributed by atoms with Crippen molar-refractivity contribution in [3.8, 4) is 34.1 Å².